The van der Waals surface area contributed by atoms with Crippen LogP contribution in [0.2, 0.25) is 0 Å². The normalized spacial score (nSPS) is 35.4. The molecule has 1 amide bonds. The lowest BCUT2D eigenvalue weighted by atomic mass is 9.93. The Bertz CT molecular complexity index is 272. The van der Waals surface area contributed by atoms with Crippen LogP contribution in [0.4, 0.5) is 0 Å². The fraction of sp³-hybridized carbons (Fsp3) is 0.923. The number of thioether (sulfide) groups is 1. The SMILES string of the molecule is CC1CSCCN1C(=O)C1CCCCCC1N. The summed E-state index contributed by atoms with van der Waals surface area (Å²) in [7, 11) is 0. The summed E-state index contributed by atoms with van der Waals surface area (Å²) in [6, 6.07) is 0.475. The highest BCUT2D eigenvalue weighted by Crippen LogP contribution is 2.26. The van der Waals surface area contributed by atoms with Crippen molar-refractivity contribution in [2.75, 3.05) is 18.1 Å². The minimum Gasteiger partial charge on any atom is -0.338 e. The molecule has 98 valence electrons. The van der Waals surface area contributed by atoms with E-state index in [-0.39, 0.29) is 12.0 Å². The van der Waals surface area contributed by atoms with Gasteiger partial charge in [-0.15, -0.1) is 0 Å². The van der Waals surface area contributed by atoms with Gasteiger partial charge in [-0.3, -0.25) is 4.79 Å². The highest BCUT2D eigenvalue weighted by atomic mass is 32.2. The summed E-state index contributed by atoms with van der Waals surface area (Å²) in [4.78, 5) is 14.6. The van der Waals surface area contributed by atoms with Crippen molar-refractivity contribution in [2.24, 2.45) is 11.7 Å². The average Bonchev–Trinajstić information content (AvgIpc) is 2.54. The second kappa shape index (κ2) is 6.10. The Kier molecular flexibility index (Phi) is 4.74. The van der Waals surface area contributed by atoms with Crippen LogP contribution >= 0.6 is 11.8 Å². The molecule has 17 heavy (non-hydrogen) atoms. The van der Waals surface area contributed by atoms with E-state index in [4.69, 9.17) is 5.73 Å². The Labute approximate surface area is 108 Å². The van der Waals surface area contributed by atoms with Crippen molar-refractivity contribution in [3.63, 3.8) is 0 Å². The van der Waals surface area contributed by atoms with Gasteiger partial charge in [0.25, 0.3) is 0 Å². The van der Waals surface area contributed by atoms with Crippen LogP contribution in [0.3, 0.4) is 0 Å². The molecule has 2 rings (SSSR count). The van der Waals surface area contributed by atoms with Gasteiger partial charge >= 0.3 is 0 Å². The third-order valence-corrected chi connectivity index (χ3v) is 5.23. The van der Waals surface area contributed by atoms with Crippen molar-refractivity contribution in [1.82, 2.24) is 4.90 Å². The number of nitrogens with two attached hydrogens (primary N) is 1. The Hall–Kier alpha value is -0.220. The maximum absolute atomic E-state index is 12.6. The number of hydrogen-bond donors (Lipinski definition) is 1. The molecule has 0 aromatic heterocycles. The minimum absolute atomic E-state index is 0.0862. The van der Waals surface area contributed by atoms with Crippen LogP contribution in [0, 0.1) is 5.92 Å². The monoisotopic (exact) mass is 256 g/mol. The van der Waals surface area contributed by atoms with Crippen molar-refractivity contribution >= 4 is 17.7 Å². The number of hydrogen-bond acceptors (Lipinski definition) is 3. The summed E-state index contributed by atoms with van der Waals surface area (Å²) in [5.41, 5.74) is 6.18. The first-order valence-electron chi connectivity index (χ1n) is 6.84. The third kappa shape index (κ3) is 3.16. The van der Waals surface area contributed by atoms with Crippen molar-refractivity contribution in [3.05, 3.63) is 0 Å². The van der Waals surface area contributed by atoms with Gasteiger partial charge in [0.2, 0.25) is 5.91 Å². The summed E-state index contributed by atoms with van der Waals surface area (Å²) in [5.74, 6) is 2.57. The molecule has 0 aromatic rings. The Balaban J connectivity index is 2.01. The number of rotatable bonds is 1. The van der Waals surface area contributed by atoms with Crippen LogP contribution in [0.5, 0.6) is 0 Å². The van der Waals surface area contributed by atoms with Crippen LogP contribution < -0.4 is 5.73 Å². The van der Waals surface area contributed by atoms with Gasteiger partial charge in [0.15, 0.2) is 0 Å². The molecule has 0 radical (unpaired) electrons. The molecule has 0 bridgehead atoms. The molecule has 2 aliphatic rings. The minimum atomic E-state index is 0.0862. The van der Waals surface area contributed by atoms with Gasteiger partial charge in [0.05, 0.1) is 5.92 Å². The first-order chi connectivity index (χ1) is 8.20. The van der Waals surface area contributed by atoms with Gasteiger partial charge < -0.3 is 10.6 Å². The number of nitrogens with zero attached hydrogens (tertiary/aromatic N) is 1. The van der Waals surface area contributed by atoms with E-state index in [0.717, 1.165) is 30.9 Å². The van der Waals surface area contributed by atoms with Gasteiger partial charge in [-0.05, 0) is 19.8 Å². The lowest BCUT2D eigenvalue weighted by Gasteiger charge is -2.36. The third-order valence-electron chi connectivity index (χ3n) is 4.04. The summed E-state index contributed by atoms with van der Waals surface area (Å²) >= 11 is 1.95. The van der Waals surface area contributed by atoms with Gasteiger partial charge in [-0.2, -0.15) is 11.8 Å². The largest absolute Gasteiger partial charge is 0.338 e. The molecule has 4 heteroatoms. The van der Waals surface area contributed by atoms with Crippen LogP contribution in [0.25, 0.3) is 0 Å². The topological polar surface area (TPSA) is 46.3 Å². The van der Waals surface area contributed by atoms with Crippen molar-refractivity contribution < 1.29 is 4.79 Å². The lowest BCUT2D eigenvalue weighted by molar-refractivity contribution is -0.138. The highest BCUT2D eigenvalue weighted by molar-refractivity contribution is 7.99. The number of carbonyl (C=O) groups excluding carboxylic acids is 1. The summed E-state index contributed by atoms with van der Waals surface area (Å²) in [6.45, 7) is 3.07. The molecule has 3 unspecified atom stereocenters. The molecule has 3 nitrogen and oxygen atoms in total. The first-order valence-corrected chi connectivity index (χ1v) is 7.99. The predicted molar refractivity (Wildman–Crippen MR) is 73.1 cm³/mol. The molecule has 2 fully saturated rings. The van der Waals surface area contributed by atoms with E-state index in [2.05, 4.69) is 11.8 Å². The van der Waals surface area contributed by atoms with Crippen LogP contribution in [0.1, 0.15) is 39.0 Å². The molecule has 3 atom stereocenters. The smallest absolute Gasteiger partial charge is 0.227 e. The average molecular weight is 256 g/mol. The fourth-order valence-corrected chi connectivity index (χ4v) is 3.92. The molecule has 2 N–H and O–H groups in total. The van der Waals surface area contributed by atoms with Crippen molar-refractivity contribution in [2.45, 2.75) is 51.1 Å². The van der Waals surface area contributed by atoms with Crippen molar-refractivity contribution in [3.8, 4) is 0 Å². The first kappa shape index (κ1) is 13.2. The summed E-state index contributed by atoms with van der Waals surface area (Å²) in [6.07, 6.45) is 5.62. The zero-order valence-corrected chi connectivity index (χ0v) is 11.5. The molecule has 1 aliphatic carbocycles. The second-order valence-corrected chi connectivity index (χ2v) is 6.51. The molecule has 1 saturated heterocycles. The van der Waals surface area contributed by atoms with Crippen LogP contribution in [-0.4, -0.2) is 40.9 Å². The Morgan fingerprint density at radius 1 is 1.29 bits per heavy atom. The fourth-order valence-electron chi connectivity index (χ4n) is 2.91. The van der Waals surface area contributed by atoms with E-state index in [1.54, 1.807) is 0 Å². The standard InChI is InChI=1S/C13H24N2OS/c1-10-9-17-8-7-15(10)13(16)11-5-3-2-4-6-12(11)14/h10-12H,2-9,14H2,1H3. The van der Waals surface area contributed by atoms with Crippen LogP contribution in [-0.2, 0) is 4.79 Å². The van der Waals surface area contributed by atoms with Gasteiger partial charge in [-0.25, -0.2) is 0 Å². The van der Waals surface area contributed by atoms with Gasteiger partial charge in [0, 0.05) is 30.1 Å². The maximum Gasteiger partial charge on any atom is 0.227 e. The second-order valence-electron chi connectivity index (χ2n) is 5.36. The molecular weight excluding hydrogens is 232 g/mol. The van der Waals surface area contributed by atoms with E-state index in [0.29, 0.717) is 11.9 Å². The lowest BCUT2D eigenvalue weighted by Crippen LogP contribution is -2.50. The molecular formula is C13H24N2OS. The van der Waals surface area contributed by atoms with E-state index in [1.807, 2.05) is 11.8 Å². The number of carbonyl (C=O) groups is 1. The molecule has 1 aliphatic heterocycles. The maximum atomic E-state index is 12.6. The molecule has 0 aromatic carbocycles. The van der Waals surface area contributed by atoms with Crippen LogP contribution in [0.15, 0.2) is 0 Å². The Morgan fingerprint density at radius 3 is 2.82 bits per heavy atom. The molecule has 0 spiro atoms. The zero-order chi connectivity index (χ0) is 12.3. The molecule has 1 saturated carbocycles. The van der Waals surface area contributed by atoms with E-state index >= 15 is 0 Å². The van der Waals surface area contributed by atoms with Gasteiger partial charge in [0.1, 0.15) is 0 Å². The highest BCUT2D eigenvalue weighted by Gasteiger charge is 2.33. The molecule has 1 heterocycles. The summed E-state index contributed by atoms with van der Waals surface area (Å²) < 4.78 is 0. The van der Waals surface area contributed by atoms with E-state index < -0.39 is 0 Å². The Morgan fingerprint density at radius 2 is 2.06 bits per heavy atom. The predicted octanol–water partition coefficient (Wildman–Crippen LogP) is 1.86. The van der Waals surface area contributed by atoms with E-state index in [1.165, 1.54) is 19.3 Å². The van der Waals surface area contributed by atoms with Gasteiger partial charge in [-0.1, -0.05) is 19.3 Å². The summed E-state index contributed by atoms with van der Waals surface area (Å²) in [5, 5.41) is 0. The quantitative estimate of drug-likeness (QED) is 0.728. The van der Waals surface area contributed by atoms with E-state index in [9.17, 15) is 4.79 Å². The number of amides is 1. The van der Waals surface area contributed by atoms with Crippen molar-refractivity contribution in [1.29, 1.82) is 0 Å². The zero-order valence-electron chi connectivity index (χ0n) is 10.7.